The number of hydrogen-bond donors (Lipinski definition) is 1. The van der Waals surface area contributed by atoms with Crippen molar-refractivity contribution in [3.8, 4) is 0 Å². The minimum absolute atomic E-state index is 0.126. The van der Waals surface area contributed by atoms with Crippen molar-refractivity contribution in [1.82, 2.24) is 10.2 Å². The van der Waals surface area contributed by atoms with Gasteiger partial charge in [-0.25, -0.2) is 4.39 Å². The number of benzene rings is 1. The fraction of sp³-hybridized carbons (Fsp3) is 0.538. The summed E-state index contributed by atoms with van der Waals surface area (Å²) in [7, 11) is 1.93. The number of nitrogens with one attached hydrogen (secondary N) is 1. The van der Waals surface area contributed by atoms with Gasteiger partial charge in [0.2, 0.25) is 0 Å². The van der Waals surface area contributed by atoms with Crippen molar-refractivity contribution in [3.05, 3.63) is 34.1 Å². The van der Waals surface area contributed by atoms with Gasteiger partial charge < -0.3 is 5.32 Å². The summed E-state index contributed by atoms with van der Waals surface area (Å²) >= 11 is 3.38. The molecule has 0 aliphatic rings. The zero-order valence-corrected chi connectivity index (χ0v) is 12.1. The van der Waals surface area contributed by atoms with E-state index in [1.807, 2.05) is 13.1 Å². The van der Waals surface area contributed by atoms with Gasteiger partial charge >= 0.3 is 0 Å². The molecule has 0 fully saturated rings. The predicted octanol–water partition coefficient (Wildman–Crippen LogP) is 3.02. The first-order chi connectivity index (χ1) is 8.17. The highest BCUT2D eigenvalue weighted by Gasteiger charge is 2.08. The largest absolute Gasteiger partial charge is 0.318 e. The van der Waals surface area contributed by atoms with Crippen LogP contribution in [0.1, 0.15) is 18.9 Å². The lowest BCUT2D eigenvalue weighted by atomic mass is 10.2. The number of rotatable bonds is 7. The van der Waals surface area contributed by atoms with E-state index in [4.69, 9.17) is 0 Å². The van der Waals surface area contributed by atoms with Crippen molar-refractivity contribution in [1.29, 1.82) is 0 Å². The van der Waals surface area contributed by atoms with Crippen LogP contribution in [-0.4, -0.2) is 31.6 Å². The Labute approximate surface area is 111 Å². The van der Waals surface area contributed by atoms with Crippen LogP contribution in [0, 0.1) is 5.82 Å². The number of halogens is 2. The Morgan fingerprint density at radius 2 is 2.12 bits per heavy atom. The van der Waals surface area contributed by atoms with Crippen LogP contribution in [-0.2, 0) is 6.54 Å². The van der Waals surface area contributed by atoms with E-state index >= 15 is 0 Å². The fourth-order valence-corrected chi connectivity index (χ4v) is 2.17. The Kier molecular flexibility index (Phi) is 6.70. The second-order valence-corrected chi connectivity index (χ2v) is 5.03. The quantitative estimate of drug-likeness (QED) is 0.833. The van der Waals surface area contributed by atoms with Crippen LogP contribution >= 0.6 is 15.9 Å². The third-order valence-electron chi connectivity index (χ3n) is 2.62. The standard InChI is InChI=1S/C13H20BrFN2/c1-3-7-17(8-6-16-2)10-11-9-12(14)4-5-13(11)15/h4-5,9,16H,3,6-8,10H2,1-2H3. The molecule has 0 aliphatic heterocycles. The molecule has 0 atom stereocenters. The molecular weight excluding hydrogens is 283 g/mol. The first-order valence-corrected chi connectivity index (χ1v) is 6.77. The zero-order chi connectivity index (χ0) is 12.7. The van der Waals surface area contributed by atoms with Crippen LogP contribution in [0.15, 0.2) is 22.7 Å². The van der Waals surface area contributed by atoms with Gasteiger partial charge in [-0.3, -0.25) is 4.90 Å². The maximum Gasteiger partial charge on any atom is 0.127 e. The molecule has 96 valence electrons. The number of likely N-dealkylation sites (N-methyl/N-ethyl adjacent to an activating group) is 1. The predicted molar refractivity (Wildman–Crippen MR) is 73.6 cm³/mol. The molecule has 0 bridgehead atoms. The molecule has 0 aromatic heterocycles. The number of nitrogens with zero attached hydrogens (tertiary/aromatic N) is 1. The Morgan fingerprint density at radius 3 is 2.76 bits per heavy atom. The van der Waals surface area contributed by atoms with Crippen LogP contribution in [0.5, 0.6) is 0 Å². The van der Waals surface area contributed by atoms with Gasteiger partial charge in [0.05, 0.1) is 0 Å². The summed E-state index contributed by atoms with van der Waals surface area (Å²) in [6.45, 7) is 5.67. The highest BCUT2D eigenvalue weighted by molar-refractivity contribution is 9.10. The third-order valence-corrected chi connectivity index (χ3v) is 3.11. The van der Waals surface area contributed by atoms with E-state index in [0.29, 0.717) is 6.54 Å². The van der Waals surface area contributed by atoms with Crippen molar-refractivity contribution in [2.24, 2.45) is 0 Å². The normalized spacial score (nSPS) is 11.1. The molecular formula is C13H20BrFN2. The van der Waals surface area contributed by atoms with Crippen LogP contribution in [0.2, 0.25) is 0 Å². The molecule has 1 aromatic rings. The lowest BCUT2D eigenvalue weighted by Gasteiger charge is -2.22. The summed E-state index contributed by atoms with van der Waals surface area (Å²) in [5.74, 6) is -0.126. The molecule has 4 heteroatoms. The van der Waals surface area contributed by atoms with E-state index in [9.17, 15) is 4.39 Å². The Bertz CT molecular complexity index is 344. The average Bonchev–Trinajstić information content (AvgIpc) is 2.31. The van der Waals surface area contributed by atoms with Gasteiger partial charge in [-0.1, -0.05) is 22.9 Å². The Balaban J connectivity index is 2.67. The van der Waals surface area contributed by atoms with E-state index in [-0.39, 0.29) is 5.82 Å². The summed E-state index contributed by atoms with van der Waals surface area (Å²) in [5.41, 5.74) is 0.754. The lowest BCUT2D eigenvalue weighted by molar-refractivity contribution is 0.264. The van der Waals surface area contributed by atoms with Crippen LogP contribution < -0.4 is 5.32 Å². The molecule has 0 saturated carbocycles. The summed E-state index contributed by atoms with van der Waals surface area (Å²) in [4.78, 5) is 2.27. The fourth-order valence-electron chi connectivity index (χ4n) is 1.76. The first kappa shape index (κ1) is 14.6. The Morgan fingerprint density at radius 1 is 1.35 bits per heavy atom. The highest BCUT2D eigenvalue weighted by atomic mass is 79.9. The van der Waals surface area contributed by atoms with Gasteiger partial charge in [0.15, 0.2) is 0 Å². The Hall–Kier alpha value is -0.450. The van der Waals surface area contributed by atoms with Gasteiger partial charge in [0.25, 0.3) is 0 Å². The first-order valence-electron chi connectivity index (χ1n) is 5.98. The summed E-state index contributed by atoms with van der Waals surface area (Å²) in [5, 5.41) is 3.12. The summed E-state index contributed by atoms with van der Waals surface area (Å²) in [6, 6.07) is 5.11. The molecule has 1 aromatic carbocycles. The van der Waals surface area contributed by atoms with E-state index in [2.05, 4.69) is 33.1 Å². The van der Waals surface area contributed by atoms with Crippen molar-refractivity contribution in [2.75, 3.05) is 26.7 Å². The van der Waals surface area contributed by atoms with E-state index < -0.39 is 0 Å². The molecule has 0 saturated heterocycles. The molecule has 0 radical (unpaired) electrons. The lowest BCUT2D eigenvalue weighted by Crippen LogP contribution is -2.31. The molecule has 0 aliphatic carbocycles. The summed E-state index contributed by atoms with van der Waals surface area (Å²) < 4.78 is 14.6. The second-order valence-electron chi connectivity index (χ2n) is 4.12. The van der Waals surface area contributed by atoms with E-state index in [1.165, 1.54) is 6.07 Å². The minimum Gasteiger partial charge on any atom is -0.318 e. The van der Waals surface area contributed by atoms with Crippen LogP contribution in [0.3, 0.4) is 0 Å². The highest BCUT2D eigenvalue weighted by Crippen LogP contribution is 2.17. The maximum atomic E-state index is 13.6. The van der Waals surface area contributed by atoms with Gasteiger partial charge in [-0.05, 0) is 38.2 Å². The van der Waals surface area contributed by atoms with Gasteiger partial charge in [0.1, 0.15) is 5.82 Å². The van der Waals surface area contributed by atoms with Gasteiger partial charge in [0, 0.05) is 29.7 Å². The van der Waals surface area contributed by atoms with Gasteiger partial charge in [-0.15, -0.1) is 0 Å². The molecule has 2 nitrogen and oxygen atoms in total. The van der Waals surface area contributed by atoms with Crippen molar-refractivity contribution < 1.29 is 4.39 Å². The van der Waals surface area contributed by atoms with Crippen molar-refractivity contribution in [2.45, 2.75) is 19.9 Å². The molecule has 1 N–H and O–H groups in total. The monoisotopic (exact) mass is 302 g/mol. The molecule has 0 spiro atoms. The average molecular weight is 303 g/mol. The topological polar surface area (TPSA) is 15.3 Å². The number of hydrogen-bond acceptors (Lipinski definition) is 2. The van der Waals surface area contributed by atoms with Crippen LogP contribution in [0.25, 0.3) is 0 Å². The van der Waals surface area contributed by atoms with Crippen molar-refractivity contribution in [3.63, 3.8) is 0 Å². The zero-order valence-electron chi connectivity index (χ0n) is 10.5. The van der Waals surface area contributed by atoms with E-state index in [0.717, 1.165) is 36.1 Å². The maximum absolute atomic E-state index is 13.6. The van der Waals surface area contributed by atoms with Crippen LogP contribution in [0.4, 0.5) is 4.39 Å². The minimum atomic E-state index is -0.126. The smallest absolute Gasteiger partial charge is 0.127 e. The van der Waals surface area contributed by atoms with Crippen molar-refractivity contribution >= 4 is 15.9 Å². The SMILES string of the molecule is CCCN(CCNC)Cc1cc(Br)ccc1F. The summed E-state index contributed by atoms with van der Waals surface area (Å²) in [6.07, 6.45) is 1.08. The molecule has 0 heterocycles. The molecule has 0 amide bonds. The van der Waals surface area contributed by atoms with Gasteiger partial charge in [-0.2, -0.15) is 0 Å². The van der Waals surface area contributed by atoms with E-state index in [1.54, 1.807) is 6.07 Å². The molecule has 17 heavy (non-hydrogen) atoms. The molecule has 0 unspecified atom stereocenters. The third kappa shape index (κ3) is 5.15. The molecule has 1 rings (SSSR count). The second kappa shape index (κ2) is 7.80.